The highest BCUT2D eigenvalue weighted by molar-refractivity contribution is 8.00. The third kappa shape index (κ3) is 2.02. The van der Waals surface area contributed by atoms with Crippen LogP contribution in [0.15, 0.2) is 17.1 Å². The van der Waals surface area contributed by atoms with Gasteiger partial charge in [0, 0.05) is 11.9 Å². The average Bonchev–Trinajstić information content (AvgIpc) is 2.54. The zero-order chi connectivity index (χ0) is 12.6. The van der Waals surface area contributed by atoms with E-state index in [-0.39, 0.29) is 11.6 Å². The highest BCUT2D eigenvalue weighted by Crippen LogP contribution is 2.46. The summed E-state index contributed by atoms with van der Waals surface area (Å²) in [5, 5.41) is 7.67. The molecule has 1 aromatic heterocycles. The number of aliphatic hydroxyl groups is 1. The lowest BCUT2D eigenvalue weighted by Gasteiger charge is -2.23. The molecule has 8 heteroatoms. The molecule has 0 amide bonds. The maximum Gasteiger partial charge on any atom is 0.349 e. The molecular formula is C9H11F2N3O2S. The van der Waals surface area contributed by atoms with Crippen molar-refractivity contribution in [3.05, 3.63) is 22.7 Å². The van der Waals surface area contributed by atoms with Crippen LogP contribution < -0.4 is 11.4 Å². The molecule has 0 radical (unpaired) electrons. The van der Waals surface area contributed by atoms with Crippen molar-refractivity contribution in [2.75, 3.05) is 18.1 Å². The number of aliphatic hydroxyl groups excluding tert-OH is 1. The Kier molecular flexibility index (Phi) is 3.09. The fraction of sp³-hybridized carbons (Fsp3) is 0.556. The second-order valence-electron chi connectivity index (χ2n) is 3.74. The Labute approximate surface area is 99.6 Å². The van der Waals surface area contributed by atoms with Gasteiger partial charge in [0.1, 0.15) is 11.9 Å². The van der Waals surface area contributed by atoms with Crippen LogP contribution in [0.25, 0.3) is 0 Å². The number of halogens is 2. The van der Waals surface area contributed by atoms with Crippen molar-refractivity contribution >= 4 is 17.6 Å². The Bertz CT molecular complexity index is 480. The summed E-state index contributed by atoms with van der Waals surface area (Å²) in [6.07, 6.45) is 1.21. The van der Waals surface area contributed by atoms with Gasteiger partial charge in [0.15, 0.2) is 0 Å². The summed E-state index contributed by atoms with van der Waals surface area (Å²) in [7, 11) is 0. The van der Waals surface area contributed by atoms with E-state index in [1.165, 1.54) is 12.3 Å². The van der Waals surface area contributed by atoms with Gasteiger partial charge in [-0.15, -0.1) is 11.8 Å². The first-order valence-corrected chi connectivity index (χ1v) is 5.96. The van der Waals surface area contributed by atoms with E-state index in [9.17, 15) is 13.6 Å². The van der Waals surface area contributed by atoms with Crippen LogP contribution in [0.1, 0.15) is 6.04 Å². The third-order valence-electron chi connectivity index (χ3n) is 2.68. The number of hydrogen-bond acceptors (Lipinski definition) is 5. The lowest BCUT2D eigenvalue weighted by atomic mass is 10.1. The summed E-state index contributed by atoms with van der Waals surface area (Å²) in [6.45, 7) is -0.620. The molecule has 1 saturated heterocycles. The van der Waals surface area contributed by atoms with E-state index in [0.717, 1.165) is 16.3 Å². The maximum absolute atomic E-state index is 13.8. The minimum Gasteiger partial charge on any atom is -0.395 e. The monoisotopic (exact) mass is 263 g/mol. The molecule has 94 valence electrons. The summed E-state index contributed by atoms with van der Waals surface area (Å²) in [4.78, 5) is 14.9. The quantitative estimate of drug-likeness (QED) is 0.791. The molecule has 1 aliphatic rings. The number of alkyl halides is 2. The Morgan fingerprint density at radius 2 is 2.41 bits per heavy atom. The van der Waals surface area contributed by atoms with E-state index < -0.39 is 29.5 Å². The molecule has 2 atom stereocenters. The molecule has 0 aliphatic carbocycles. The highest BCUT2D eigenvalue weighted by atomic mass is 32.2. The SMILES string of the molecule is Nc1ccn([C@@H]2CS[C@H](CO)C2(F)F)c(=O)n1. The Morgan fingerprint density at radius 1 is 1.71 bits per heavy atom. The first kappa shape index (κ1) is 12.3. The number of nitrogens with zero attached hydrogens (tertiary/aromatic N) is 2. The van der Waals surface area contributed by atoms with Crippen molar-refractivity contribution in [2.24, 2.45) is 0 Å². The van der Waals surface area contributed by atoms with Gasteiger partial charge in [-0.2, -0.15) is 4.98 Å². The van der Waals surface area contributed by atoms with Crippen LogP contribution in [0.4, 0.5) is 14.6 Å². The van der Waals surface area contributed by atoms with E-state index in [0.29, 0.717) is 0 Å². The van der Waals surface area contributed by atoms with Crippen molar-refractivity contribution in [2.45, 2.75) is 17.2 Å². The van der Waals surface area contributed by atoms with Gasteiger partial charge < -0.3 is 10.8 Å². The number of rotatable bonds is 2. The largest absolute Gasteiger partial charge is 0.395 e. The molecule has 1 aromatic rings. The van der Waals surface area contributed by atoms with Gasteiger partial charge in [0.2, 0.25) is 0 Å². The minimum absolute atomic E-state index is 0.000996. The van der Waals surface area contributed by atoms with Crippen LogP contribution in [0.3, 0.4) is 0 Å². The fourth-order valence-corrected chi connectivity index (χ4v) is 3.03. The van der Waals surface area contributed by atoms with Gasteiger partial charge in [-0.05, 0) is 6.07 Å². The normalized spacial score (nSPS) is 27.2. The molecular weight excluding hydrogens is 252 g/mol. The van der Waals surface area contributed by atoms with Crippen molar-refractivity contribution < 1.29 is 13.9 Å². The summed E-state index contributed by atoms with van der Waals surface area (Å²) in [6, 6.07) is 0.0132. The zero-order valence-corrected chi connectivity index (χ0v) is 9.53. The summed E-state index contributed by atoms with van der Waals surface area (Å²) < 4.78 is 28.6. The number of nitrogen functional groups attached to an aromatic ring is 1. The van der Waals surface area contributed by atoms with E-state index in [2.05, 4.69) is 4.98 Å². The predicted molar refractivity (Wildman–Crippen MR) is 60.2 cm³/mol. The van der Waals surface area contributed by atoms with Crippen LogP contribution in [0.5, 0.6) is 0 Å². The number of nitrogens with two attached hydrogens (primary N) is 1. The van der Waals surface area contributed by atoms with Crippen molar-refractivity contribution in [1.82, 2.24) is 9.55 Å². The first-order valence-electron chi connectivity index (χ1n) is 4.91. The molecule has 17 heavy (non-hydrogen) atoms. The van der Waals surface area contributed by atoms with Gasteiger partial charge in [0.25, 0.3) is 5.92 Å². The van der Waals surface area contributed by atoms with E-state index in [4.69, 9.17) is 10.8 Å². The lowest BCUT2D eigenvalue weighted by molar-refractivity contribution is -0.0475. The Balaban J connectivity index is 2.38. The number of thioether (sulfide) groups is 1. The molecule has 0 unspecified atom stereocenters. The number of aromatic nitrogens is 2. The standard InChI is InChI=1S/C9H11F2N3O2S/c10-9(11)5(4-17-6(9)3-15)14-2-1-7(12)13-8(14)16/h1-2,5-6,15H,3-4H2,(H2,12,13,16)/t5-,6-/m1/s1. The van der Waals surface area contributed by atoms with Gasteiger partial charge in [0.05, 0.1) is 11.9 Å². The molecule has 3 N–H and O–H groups in total. The second-order valence-corrected chi connectivity index (χ2v) is 4.97. The Morgan fingerprint density at radius 3 is 2.94 bits per heavy atom. The van der Waals surface area contributed by atoms with Gasteiger partial charge in [-0.3, -0.25) is 4.57 Å². The van der Waals surface area contributed by atoms with Gasteiger partial charge >= 0.3 is 5.69 Å². The van der Waals surface area contributed by atoms with Crippen LogP contribution in [-0.4, -0.2) is 38.2 Å². The molecule has 1 aliphatic heterocycles. The molecule has 1 fully saturated rings. The second kappa shape index (κ2) is 4.26. The molecule has 5 nitrogen and oxygen atoms in total. The average molecular weight is 263 g/mol. The summed E-state index contributed by atoms with van der Waals surface area (Å²) in [5.41, 5.74) is 4.49. The van der Waals surface area contributed by atoms with Crippen LogP contribution in [0.2, 0.25) is 0 Å². The minimum atomic E-state index is -3.14. The van der Waals surface area contributed by atoms with Crippen LogP contribution in [-0.2, 0) is 0 Å². The molecule has 2 heterocycles. The molecule has 0 bridgehead atoms. The summed E-state index contributed by atoms with van der Waals surface area (Å²) in [5.74, 6) is -3.08. The Hall–Kier alpha value is -1.15. The predicted octanol–water partition coefficient (Wildman–Crippen LogP) is 0.110. The first-order chi connectivity index (χ1) is 7.96. The number of anilines is 1. The molecule has 2 rings (SSSR count). The smallest absolute Gasteiger partial charge is 0.349 e. The van der Waals surface area contributed by atoms with Crippen molar-refractivity contribution in [1.29, 1.82) is 0 Å². The summed E-state index contributed by atoms with van der Waals surface area (Å²) >= 11 is 0.946. The fourth-order valence-electron chi connectivity index (χ4n) is 1.75. The van der Waals surface area contributed by atoms with Gasteiger partial charge in [-0.1, -0.05) is 0 Å². The molecule has 0 saturated carbocycles. The topological polar surface area (TPSA) is 81.1 Å². The zero-order valence-electron chi connectivity index (χ0n) is 8.72. The molecule has 0 spiro atoms. The highest BCUT2D eigenvalue weighted by Gasteiger charge is 2.53. The van der Waals surface area contributed by atoms with Crippen LogP contribution in [0, 0.1) is 0 Å². The van der Waals surface area contributed by atoms with Crippen molar-refractivity contribution in [3.63, 3.8) is 0 Å². The van der Waals surface area contributed by atoms with Gasteiger partial charge in [-0.25, -0.2) is 13.6 Å². The van der Waals surface area contributed by atoms with E-state index >= 15 is 0 Å². The lowest BCUT2D eigenvalue weighted by Crippen LogP contribution is -2.41. The van der Waals surface area contributed by atoms with E-state index in [1.807, 2.05) is 0 Å². The maximum atomic E-state index is 13.8. The van der Waals surface area contributed by atoms with Crippen LogP contribution >= 0.6 is 11.8 Å². The molecule has 0 aromatic carbocycles. The van der Waals surface area contributed by atoms with E-state index in [1.54, 1.807) is 0 Å². The third-order valence-corrected chi connectivity index (χ3v) is 4.06. The van der Waals surface area contributed by atoms with Crippen molar-refractivity contribution in [3.8, 4) is 0 Å². The number of hydrogen-bond donors (Lipinski definition) is 2.